The van der Waals surface area contributed by atoms with Gasteiger partial charge < -0.3 is 5.32 Å². The Morgan fingerprint density at radius 2 is 2.24 bits per heavy atom. The van der Waals surface area contributed by atoms with Gasteiger partial charge in [0.15, 0.2) is 0 Å². The van der Waals surface area contributed by atoms with Crippen LogP contribution in [-0.2, 0) is 13.1 Å². The Morgan fingerprint density at radius 1 is 1.41 bits per heavy atom. The molecule has 0 aliphatic carbocycles. The predicted molar refractivity (Wildman–Crippen MR) is 73.2 cm³/mol. The van der Waals surface area contributed by atoms with Gasteiger partial charge in [0, 0.05) is 17.6 Å². The zero-order chi connectivity index (χ0) is 11.9. The molecular weight excluding hydrogens is 230 g/mol. The van der Waals surface area contributed by atoms with Gasteiger partial charge in [0.25, 0.3) is 0 Å². The maximum absolute atomic E-state index is 4.52. The van der Waals surface area contributed by atoms with Crippen molar-refractivity contribution in [2.75, 3.05) is 19.6 Å². The molecule has 4 heteroatoms. The Morgan fingerprint density at radius 3 is 3.00 bits per heavy atom. The molecule has 1 aromatic rings. The number of hydrogen-bond donors (Lipinski definition) is 1. The van der Waals surface area contributed by atoms with Crippen LogP contribution in [0.15, 0.2) is 6.20 Å². The van der Waals surface area contributed by atoms with Crippen molar-refractivity contribution < 1.29 is 0 Å². The third-order valence-corrected chi connectivity index (χ3v) is 4.15. The summed E-state index contributed by atoms with van der Waals surface area (Å²) in [6.45, 7) is 7.89. The minimum Gasteiger partial charge on any atom is -0.312 e. The van der Waals surface area contributed by atoms with Crippen molar-refractivity contribution in [1.29, 1.82) is 0 Å². The smallest absolute Gasteiger partial charge is 0.107 e. The highest BCUT2D eigenvalue weighted by atomic mass is 32.1. The van der Waals surface area contributed by atoms with Gasteiger partial charge in [-0.2, -0.15) is 0 Å². The Bertz CT molecular complexity index is 318. The van der Waals surface area contributed by atoms with Crippen LogP contribution >= 0.6 is 11.3 Å². The molecule has 0 amide bonds. The van der Waals surface area contributed by atoms with E-state index in [1.54, 1.807) is 0 Å². The van der Waals surface area contributed by atoms with E-state index in [2.05, 4.69) is 22.1 Å². The van der Waals surface area contributed by atoms with Crippen LogP contribution in [0, 0.1) is 0 Å². The molecule has 1 aliphatic heterocycles. The lowest BCUT2D eigenvalue weighted by atomic mass is 10.3. The van der Waals surface area contributed by atoms with Gasteiger partial charge in [-0.3, -0.25) is 4.90 Å². The zero-order valence-electron chi connectivity index (χ0n) is 10.7. The highest BCUT2D eigenvalue weighted by molar-refractivity contribution is 7.11. The first-order valence-corrected chi connectivity index (χ1v) is 7.57. The van der Waals surface area contributed by atoms with E-state index in [0.29, 0.717) is 0 Å². The molecule has 3 nitrogen and oxygen atoms in total. The van der Waals surface area contributed by atoms with Crippen molar-refractivity contribution in [2.24, 2.45) is 0 Å². The van der Waals surface area contributed by atoms with Crippen LogP contribution in [0.3, 0.4) is 0 Å². The average molecular weight is 253 g/mol. The van der Waals surface area contributed by atoms with Crippen LogP contribution in [0.2, 0.25) is 0 Å². The van der Waals surface area contributed by atoms with Gasteiger partial charge in [-0.05, 0) is 38.9 Å². The highest BCUT2D eigenvalue weighted by Gasteiger charge is 2.13. The highest BCUT2D eigenvalue weighted by Crippen LogP contribution is 2.17. The second-order valence-electron chi connectivity index (χ2n) is 4.73. The molecule has 1 saturated heterocycles. The van der Waals surface area contributed by atoms with E-state index in [1.165, 1.54) is 48.7 Å². The van der Waals surface area contributed by atoms with E-state index in [1.807, 2.05) is 17.5 Å². The summed E-state index contributed by atoms with van der Waals surface area (Å²) in [5.41, 5.74) is 0. The van der Waals surface area contributed by atoms with Gasteiger partial charge in [-0.15, -0.1) is 11.3 Å². The average Bonchev–Trinajstić information content (AvgIpc) is 2.97. The van der Waals surface area contributed by atoms with Gasteiger partial charge >= 0.3 is 0 Å². The molecular formula is C13H23N3S. The largest absolute Gasteiger partial charge is 0.312 e. The summed E-state index contributed by atoms with van der Waals surface area (Å²) >= 11 is 1.86. The lowest BCUT2D eigenvalue weighted by Gasteiger charge is -2.11. The quantitative estimate of drug-likeness (QED) is 0.757. The molecule has 1 N–H and O–H groups in total. The molecule has 0 unspecified atom stereocenters. The lowest BCUT2D eigenvalue weighted by Crippen LogP contribution is -2.18. The summed E-state index contributed by atoms with van der Waals surface area (Å²) in [7, 11) is 0. The molecule has 96 valence electrons. The monoisotopic (exact) mass is 253 g/mol. The molecule has 0 saturated carbocycles. The molecule has 2 heterocycles. The molecule has 0 aromatic carbocycles. The molecule has 17 heavy (non-hydrogen) atoms. The van der Waals surface area contributed by atoms with Crippen molar-refractivity contribution in [1.82, 2.24) is 15.2 Å². The van der Waals surface area contributed by atoms with E-state index < -0.39 is 0 Å². The lowest BCUT2D eigenvalue weighted by molar-refractivity contribution is 0.331. The molecule has 0 atom stereocenters. The van der Waals surface area contributed by atoms with Crippen molar-refractivity contribution >= 4 is 11.3 Å². The van der Waals surface area contributed by atoms with Crippen LogP contribution in [0.1, 0.15) is 42.5 Å². The third-order valence-electron chi connectivity index (χ3n) is 3.17. The summed E-state index contributed by atoms with van der Waals surface area (Å²) in [6, 6.07) is 0. The third kappa shape index (κ3) is 4.37. The van der Waals surface area contributed by atoms with Gasteiger partial charge in [-0.25, -0.2) is 4.98 Å². The van der Waals surface area contributed by atoms with Crippen molar-refractivity contribution in [2.45, 2.75) is 45.7 Å². The SMILES string of the molecule is CCCCNCc1cnc(CN2CCCC2)s1. The maximum Gasteiger partial charge on any atom is 0.107 e. The molecule has 0 radical (unpaired) electrons. The number of nitrogens with zero attached hydrogens (tertiary/aromatic N) is 2. The Hall–Kier alpha value is -0.450. The van der Waals surface area contributed by atoms with Gasteiger partial charge in [0.05, 0.1) is 6.54 Å². The van der Waals surface area contributed by atoms with E-state index in [0.717, 1.165) is 19.6 Å². The standard InChI is InChI=1S/C13H23N3S/c1-2-3-6-14-9-12-10-15-13(17-12)11-16-7-4-5-8-16/h10,14H,2-9,11H2,1H3. The van der Waals surface area contributed by atoms with E-state index in [9.17, 15) is 0 Å². The molecule has 0 bridgehead atoms. The van der Waals surface area contributed by atoms with Crippen molar-refractivity contribution in [3.05, 3.63) is 16.1 Å². The van der Waals surface area contributed by atoms with Crippen LogP contribution in [0.4, 0.5) is 0 Å². The van der Waals surface area contributed by atoms with Crippen LogP contribution in [0.5, 0.6) is 0 Å². The summed E-state index contributed by atoms with van der Waals surface area (Å²) in [4.78, 5) is 8.39. The summed E-state index contributed by atoms with van der Waals surface area (Å²) in [5, 5.41) is 4.74. The fraction of sp³-hybridized carbons (Fsp3) is 0.769. The fourth-order valence-electron chi connectivity index (χ4n) is 2.15. The first kappa shape index (κ1) is 13.0. The Labute approximate surface area is 108 Å². The van der Waals surface area contributed by atoms with Gasteiger partial charge in [0.2, 0.25) is 0 Å². The normalized spacial score (nSPS) is 16.8. The predicted octanol–water partition coefficient (Wildman–Crippen LogP) is 2.63. The topological polar surface area (TPSA) is 28.2 Å². The summed E-state index contributed by atoms with van der Waals surface area (Å²) in [6.07, 6.45) is 7.28. The number of thiazole rings is 1. The summed E-state index contributed by atoms with van der Waals surface area (Å²) < 4.78 is 0. The number of unbranched alkanes of at least 4 members (excludes halogenated alkanes) is 1. The van der Waals surface area contributed by atoms with Crippen LogP contribution < -0.4 is 5.32 Å². The molecule has 2 rings (SSSR count). The number of nitrogens with one attached hydrogen (secondary N) is 1. The Kier molecular flexibility index (Phi) is 5.42. The maximum atomic E-state index is 4.52. The molecule has 1 aromatic heterocycles. The van der Waals surface area contributed by atoms with E-state index in [-0.39, 0.29) is 0 Å². The minimum atomic E-state index is 0.984. The summed E-state index contributed by atoms with van der Waals surface area (Å²) in [5.74, 6) is 0. The Balaban J connectivity index is 1.71. The first-order chi connectivity index (χ1) is 8.38. The van der Waals surface area contributed by atoms with E-state index >= 15 is 0 Å². The first-order valence-electron chi connectivity index (χ1n) is 6.75. The second-order valence-corrected chi connectivity index (χ2v) is 5.93. The number of hydrogen-bond acceptors (Lipinski definition) is 4. The number of rotatable bonds is 7. The van der Waals surface area contributed by atoms with Gasteiger partial charge in [-0.1, -0.05) is 13.3 Å². The molecule has 1 fully saturated rings. The van der Waals surface area contributed by atoms with Crippen LogP contribution in [-0.4, -0.2) is 29.5 Å². The van der Waals surface area contributed by atoms with Gasteiger partial charge in [0.1, 0.15) is 5.01 Å². The van der Waals surface area contributed by atoms with E-state index in [4.69, 9.17) is 0 Å². The fourth-order valence-corrected chi connectivity index (χ4v) is 3.08. The number of likely N-dealkylation sites (tertiary alicyclic amines) is 1. The van der Waals surface area contributed by atoms with Crippen molar-refractivity contribution in [3.63, 3.8) is 0 Å². The zero-order valence-corrected chi connectivity index (χ0v) is 11.6. The molecule has 0 spiro atoms. The van der Waals surface area contributed by atoms with Crippen molar-refractivity contribution in [3.8, 4) is 0 Å². The number of aromatic nitrogens is 1. The van der Waals surface area contributed by atoms with Crippen LogP contribution in [0.25, 0.3) is 0 Å². The minimum absolute atomic E-state index is 0.984. The molecule has 1 aliphatic rings. The second kappa shape index (κ2) is 7.09.